The Bertz CT molecular complexity index is 1300. The summed E-state index contributed by atoms with van der Waals surface area (Å²) in [4.78, 5) is 17.9. The number of hydrogen-bond donors (Lipinski definition) is 1. The zero-order chi connectivity index (χ0) is 27.1. The van der Waals surface area contributed by atoms with Crippen molar-refractivity contribution in [1.29, 1.82) is 0 Å². The van der Waals surface area contributed by atoms with Gasteiger partial charge in [-0.3, -0.25) is 0 Å². The highest BCUT2D eigenvalue weighted by molar-refractivity contribution is 7.99. The predicted molar refractivity (Wildman–Crippen MR) is 150 cm³/mol. The molecule has 4 rings (SSSR count). The molecule has 1 N–H and O–H groups in total. The van der Waals surface area contributed by atoms with E-state index in [9.17, 15) is 4.79 Å². The summed E-state index contributed by atoms with van der Waals surface area (Å²) in [6.45, 7) is 11.2. The van der Waals surface area contributed by atoms with Crippen molar-refractivity contribution < 1.29 is 19.0 Å². The summed E-state index contributed by atoms with van der Waals surface area (Å²) >= 11 is 1.59. The lowest BCUT2D eigenvalue weighted by atomic mass is 9.95. The summed E-state index contributed by atoms with van der Waals surface area (Å²) in [5.41, 5.74) is 4.29. The third-order valence-electron chi connectivity index (χ3n) is 5.99. The monoisotopic (exact) mass is 536 g/mol. The number of anilines is 1. The number of esters is 1. The minimum Gasteiger partial charge on any atom is -0.490 e. The van der Waals surface area contributed by atoms with E-state index in [1.54, 1.807) is 16.4 Å². The largest absolute Gasteiger partial charge is 0.490 e. The average Bonchev–Trinajstić information content (AvgIpc) is 3.31. The number of aromatic nitrogens is 3. The maximum atomic E-state index is 13.3. The Balaban J connectivity index is 1.72. The molecule has 0 saturated heterocycles. The molecule has 1 aliphatic rings. The molecule has 0 fully saturated rings. The van der Waals surface area contributed by atoms with E-state index in [-0.39, 0.29) is 5.97 Å². The van der Waals surface area contributed by atoms with Gasteiger partial charge in [0.2, 0.25) is 11.1 Å². The number of allylic oxidation sites excluding steroid dienone is 1. The highest BCUT2D eigenvalue weighted by atomic mass is 32.2. The first-order valence-electron chi connectivity index (χ1n) is 13.1. The molecule has 8 nitrogen and oxygen atoms in total. The van der Waals surface area contributed by atoms with Crippen LogP contribution in [0.2, 0.25) is 0 Å². The van der Waals surface area contributed by atoms with Crippen LogP contribution in [-0.4, -0.2) is 39.7 Å². The maximum absolute atomic E-state index is 13.3. The molecule has 0 amide bonds. The summed E-state index contributed by atoms with van der Waals surface area (Å²) in [6, 6.07) is 13.5. The Hall–Kier alpha value is -3.46. The fourth-order valence-corrected chi connectivity index (χ4v) is 4.96. The minimum absolute atomic E-state index is 0.347. The van der Waals surface area contributed by atoms with Crippen LogP contribution < -0.4 is 14.8 Å². The van der Waals surface area contributed by atoms with Crippen LogP contribution in [-0.2, 0) is 16.1 Å². The molecular weight excluding hydrogens is 500 g/mol. The first-order chi connectivity index (χ1) is 18.4. The summed E-state index contributed by atoms with van der Waals surface area (Å²) in [7, 11) is 0. The van der Waals surface area contributed by atoms with Gasteiger partial charge in [-0.05, 0) is 56.9 Å². The fourth-order valence-electron chi connectivity index (χ4n) is 4.28. The number of carbonyl (C=O) groups is 1. The van der Waals surface area contributed by atoms with Crippen LogP contribution in [0.5, 0.6) is 11.5 Å². The quantitative estimate of drug-likeness (QED) is 0.213. The topological polar surface area (TPSA) is 87.5 Å². The molecule has 1 aromatic heterocycles. The van der Waals surface area contributed by atoms with Gasteiger partial charge in [0.1, 0.15) is 12.6 Å². The van der Waals surface area contributed by atoms with Crippen LogP contribution >= 0.6 is 11.8 Å². The number of nitrogens with zero attached hydrogens (tertiary/aromatic N) is 3. The average molecular weight is 537 g/mol. The standard InChI is InChI=1S/C29H36N4O4S/c1-6-14-36-27(34)25-20(5)30-28-31-29(38-15-7-2)32-33(28)26(25)22-12-13-23(24(17-22)35-8-3)37-18-21-11-9-10-19(4)16-21/h9-13,16-17,26H,6-8,14-15,18H2,1-5H3,(H,30,31,32). The molecule has 1 atom stereocenters. The lowest BCUT2D eigenvalue weighted by Gasteiger charge is -2.28. The van der Waals surface area contributed by atoms with Crippen molar-refractivity contribution in [3.05, 3.63) is 70.4 Å². The third kappa shape index (κ3) is 6.32. The first kappa shape index (κ1) is 27.6. The summed E-state index contributed by atoms with van der Waals surface area (Å²) in [6.07, 6.45) is 1.75. The summed E-state index contributed by atoms with van der Waals surface area (Å²) in [5, 5.41) is 8.69. The molecule has 0 bridgehead atoms. The van der Waals surface area contributed by atoms with E-state index >= 15 is 0 Å². The molecule has 2 aromatic carbocycles. The van der Waals surface area contributed by atoms with Crippen molar-refractivity contribution in [2.24, 2.45) is 0 Å². The second-order valence-corrected chi connectivity index (χ2v) is 10.2. The Morgan fingerprint density at radius 2 is 1.89 bits per heavy atom. The second-order valence-electron chi connectivity index (χ2n) is 9.13. The van der Waals surface area contributed by atoms with E-state index in [1.165, 1.54) is 5.56 Å². The van der Waals surface area contributed by atoms with Gasteiger partial charge in [-0.2, -0.15) is 4.98 Å². The van der Waals surface area contributed by atoms with Gasteiger partial charge in [-0.25, -0.2) is 9.48 Å². The molecule has 0 spiro atoms. The van der Waals surface area contributed by atoms with Crippen molar-refractivity contribution in [2.75, 3.05) is 24.3 Å². The van der Waals surface area contributed by atoms with Crippen molar-refractivity contribution in [3.63, 3.8) is 0 Å². The van der Waals surface area contributed by atoms with Crippen LogP contribution in [0.25, 0.3) is 0 Å². The normalized spacial score (nSPS) is 14.6. The fraction of sp³-hybridized carbons (Fsp3) is 0.414. The lowest BCUT2D eigenvalue weighted by Crippen LogP contribution is -2.29. The molecule has 202 valence electrons. The molecule has 1 unspecified atom stereocenters. The maximum Gasteiger partial charge on any atom is 0.338 e. The number of hydrogen-bond acceptors (Lipinski definition) is 8. The Morgan fingerprint density at radius 3 is 2.63 bits per heavy atom. The molecule has 9 heteroatoms. The first-order valence-corrected chi connectivity index (χ1v) is 14.1. The van der Waals surface area contributed by atoms with E-state index in [0.717, 1.165) is 29.7 Å². The van der Waals surface area contributed by atoms with Crippen LogP contribution in [0, 0.1) is 6.92 Å². The van der Waals surface area contributed by atoms with Gasteiger partial charge in [0.15, 0.2) is 11.5 Å². The van der Waals surface area contributed by atoms with E-state index in [4.69, 9.17) is 19.3 Å². The van der Waals surface area contributed by atoms with Gasteiger partial charge in [0.25, 0.3) is 0 Å². The predicted octanol–water partition coefficient (Wildman–Crippen LogP) is 6.31. The Morgan fingerprint density at radius 1 is 1.05 bits per heavy atom. The lowest BCUT2D eigenvalue weighted by molar-refractivity contribution is -0.139. The van der Waals surface area contributed by atoms with Gasteiger partial charge >= 0.3 is 5.97 Å². The highest BCUT2D eigenvalue weighted by Crippen LogP contribution is 2.40. The molecule has 3 aromatic rings. The molecule has 38 heavy (non-hydrogen) atoms. The summed E-state index contributed by atoms with van der Waals surface area (Å²) in [5.74, 6) is 2.38. The number of nitrogens with one attached hydrogen (secondary N) is 1. The third-order valence-corrected chi connectivity index (χ3v) is 7.03. The van der Waals surface area contributed by atoms with E-state index in [2.05, 4.69) is 36.3 Å². The van der Waals surface area contributed by atoms with Gasteiger partial charge < -0.3 is 19.5 Å². The van der Waals surface area contributed by atoms with Crippen LogP contribution in [0.1, 0.15) is 63.3 Å². The Kier molecular flexibility index (Phi) is 9.33. The molecular formula is C29H36N4O4S. The number of ether oxygens (including phenoxy) is 3. The number of thioether (sulfide) groups is 1. The minimum atomic E-state index is -0.524. The summed E-state index contributed by atoms with van der Waals surface area (Å²) < 4.78 is 19.5. The second kappa shape index (κ2) is 12.9. The highest BCUT2D eigenvalue weighted by Gasteiger charge is 2.35. The number of fused-ring (bicyclic) bond motifs is 1. The van der Waals surface area contributed by atoms with Gasteiger partial charge in [-0.1, -0.05) is 61.5 Å². The smallest absolute Gasteiger partial charge is 0.338 e. The molecule has 2 heterocycles. The molecule has 0 aliphatic carbocycles. The van der Waals surface area contributed by atoms with E-state index in [1.807, 2.05) is 51.1 Å². The Labute approximate surface area is 228 Å². The van der Waals surface area contributed by atoms with Crippen molar-refractivity contribution in [1.82, 2.24) is 14.8 Å². The van der Waals surface area contributed by atoms with Gasteiger partial charge in [0.05, 0.1) is 18.8 Å². The zero-order valence-corrected chi connectivity index (χ0v) is 23.6. The van der Waals surface area contributed by atoms with Crippen LogP contribution in [0.4, 0.5) is 5.95 Å². The van der Waals surface area contributed by atoms with Gasteiger partial charge in [0, 0.05) is 11.4 Å². The van der Waals surface area contributed by atoms with E-state index in [0.29, 0.717) is 53.7 Å². The number of rotatable bonds is 12. The van der Waals surface area contributed by atoms with E-state index < -0.39 is 6.04 Å². The molecule has 0 saturated carbocycles. The molecule has 0 radical (unpaired) electrons. The number of benzene rings is 2. The zero-order valence-electron chi connectivity index (χ0n) is 22.7. The van der Waals surface area contributed by atoms with Crippen molar-refractivity contribution in [2.45, 2.75) is 65.3 Å². The van der Waals surface area contributed by atoms with Crippen LogP contribution in [0.3, 0.4) is 0 Å². The van der Waals surface area contributed by atoms with Crippen molar-refractivity contribution in [3.8, 4) is 11.5 Å². The van der Waals surface area contributed by atoms with Gasteiger partial charge in [-0.15, -0.1) is 5.10 Å². The SMILES string of the molecule is CCCOC(=O)C1=C(C)Nc2nc(SCCC)nn2C1c1ccc(OCc2cccc(C)c2)c(OCC)c1. The van der Waals surface area contributed by atoms with Crippen molar-refractivity contribution >= 4 is 23.7 Å². The number of carbonyl (C=O) groups excluding carboxylic acids is 1. The number of aryl methyl sites for hydroxylation is 1. The van der Waals surface area contributed by atoms with Crippen LogP contribution in [0.15, 0.2) is 58.9 Å². The molecule has 1 aliphatic heterocycles.